The lowest BCUT2D eigenvalue weighted by molar-refractivity contribution is 1.18. The van der Waals surface area contributed by atoms with Gasteiger partial charge in [-0.15, -0.1) is 0 Å². The van der Waals surface area contributed by atoms with Crippen molar-refractivity contribution >= 4 is 103 Å². The quantitative estimate of drug-likeness (QED) is 0.157. The van der Waals surface area contributed by atoms with E-state index in [2.05, 4.69) is 238 Å². The molecule has 0 unspecified atom stereocenters. The Kier molecular flexibility index (Phi) is 6.95. The van der Waals surface area contributed by atoms with Gasteiger partial charge >= 0.3 is 0 Å². The number of aromatic nitrogens is 3. The van der Waals surface area contributed by atoms with Crippen molar-refractivity contribution in [2.24, 2.45) is 0 Å². The molecule has 0 aliphatic heterocycles. The molecule has 15 aromatic rings. The van der Waals surface area contributed by atoms with Gasteiger partial charge in [-0.1, -0.05) is 158 Å². The van der Waals surface area contributed by atoms with E-state index in [9.17, 15) is 0 Å². The molecule has 4 aromatic heterocycles. The van der Waals surface area contributed by atoms with Gasteiger partial charge in [-0.25, -0.2) is 0 Å². The van der Waals surface area contributed by atoms with Crippen molar-refractivity contribution in [3.8, 4) is 33.6 Å². The molecule has 0 bridgehead atoms. The second-order valence-corrected chi connectivity index (χ2v) is 17.7. The Labute approximate surface area is 373 Å². The summed E-state index contributed by atoms with van der Waals surface area (Å²) in [6, 6.07) is 83.2. The lowest BCUT2D eigenvalue weighted by atomic mass is 9.99. The summed E-state index contributed by atoms with van der Waals surface area (Å²) < 4.78 is 7.35. The Morgan fingerprint density at radius 1 is 0.231 bits per heavy atom. The van der Waals surface area contributed by atoms with Crippen LogP contribution in [0.4, 0.5) is 0 Å². The van der Waals surface area contributed by atoms with Gasteiger partial charge in [0.1, 0.15) is 0 Å². The maximum atomic E-state index is 2.47. The number of benzene rings is 11. The number of hydrogen-bond acceptors (Lipinski definition) is 0. The third kappa shape index (κ3) is 4.79. The van der Waals surface area contributed by atoms with Crippen molar-refractivity contribution in [3.63, 3.8) is 0 Å². The molecule has 3 heteroatoms. The highest BCUT2D eigenvalue weighted by Gasteiger charge is 2.20. The molecule has 300 valence electrons. The summed E-state index contributed by atoms with van der Waals surface area (Å²) in [5.41, 5.74) is 15.8. The molecule has 4 heterocycles. The maximum absolute atomic E-state index is 2.47. The van der Waals surface area contributed by atoms with Gasteiger partial charge in [-0.2, -0.15) is 0 Å². The van der Waals surface area contributed by atoms with E-state index in [1.807, 2.05) is 0 Å². The highest BCUT2D eigenvalue weighted by molar-refractivity contribution is 6.23. The zero-order valence-corrected chi connectivity index (χ0v) is 35.2. The second kappa shape index (κ2) is 12.9. The van der Waals surface area contributed by atoms with Gasteiger partial charge in [0.25, 0.3) is 0 Å². The van der Waals surface area contributed by atoms with Crippen LogP contribution in [0.3, 0.4) is 0 Å². The second-order valence-electron chi connectivity index (χ2n) is 17.7. The molecule has 0 N–H and O–H groups in total. The van der Waals surface area contributed by atoms with Crippen LogP contribution >= 0.6 is 0 Å². The first-order valence-corrected chi connectivity index (χ1v) is 22.5. The lowest BCUT2D eigenvalue weighted by Crippen LogP contribution is -1.96. The molecule has 15 rings (SSSR count). The summed E-state index contributed by atoms with van der Waals surface area (Å²) in [5.74, 6) is 0. The molecule has 0 aliphatic rings. The van der Waals surface area contributed by atoms with E-state index in [1.54, 1.807) is 0 Å². The van der Waals surface area contributed by atoms with Crippen molar-refractivity contribution in [1.29, 1.82) is 0 Å². The minimum Gasteiger partial charge on any atom is -0.309 e. The molecule has 0 fully saturated rings. The molecule has 0 aliphatic carbocycles. The highest BCUT2D eigenvalue weighted by atomic mass is 15.0. The average Bonchev–Trinajstić information content (AvgIpc) is 4.10. The molecular formula is C62H37N3. The summed E-state index contributed by atoms with van der Waals surface area (Å²) in [6.45, 7) is 0. The number of nitrogens with zero attached hydrogens (tertiary/aromatic N) is 3. The van der Waals surface area contributed by atoms with E-state index in [1.165, 1.54) is 131 Å². The third-order valence-electron chi connectivity index (χ3n) is 14.3. The van der Waals surface area contributed by atoms with E-state index < -0.39 is 0 Å². The first-order valence-electron chi connectivity index (χ1n) is 22.5. The van der Waals surface area contributed by atoms with Crippen LogP contribution in [-0.4, -0.2) is 13.5 Å². The zero-order chi connectivity index (χ0) is 42.3. The molecule has 0 radical (unpaired) electrons. The Balaban J connectivity index is 0.845. The van der Waals surface area contributed by atoms with Gasteiger partial charge in [-0.05, 0) is 105 Å². The van der Waals surface area contributed by atoms with Crippen LogP contribution in [0, 0.1) is 0 Å². The standard InChI is InChI=1S/C62H37N3/c1-2-13-44-42(12-1)37-60(46-15-4-3-14-45(44)46)64-56-22-9-7-18-49(56)54-35-40(28-33-59(54)64)39-27-32-58-53(34-39)48-17-6-8-21-55(48)63(58)43-29-24-38(25-30-43)41-26-31-50-52-20-11-19-51-47-16-5-10-23-57(47)65(62(51)52)61(50)36-41/h1-37H. The molecule has 0 saturated carbocycles. The molecule has 0 amide bonds. The van der Waals surface area contributed by atoms with Gasteiger partial charge in [0.05, 0.1) is 44.3 Å². The monoisotopic (exact) mass is 823 g/mol. The van der Waals surface area contributed by atoms with Crippen molar-refractivity contribution < 1.29 is 0 Å². The van der Waals surface area contributed by atoms with E-state index in [0.29, 0.717) is 0 Å². The van der Waals surface area contributed by atoms with Crippen molar-refractivity contribution in [2.75, 3.05) is 0 Å². The molecule has 65 heavy (non-hydrogen) atoms. The van der Waals surface area contributed by atoms with E-state index in [0.717, 1.165) is 5.69 Å². The molecule has 0 atom stereocenters. The van der Waals surface area contributed by atoms with Crippen LogP contribution in [0.2, 0.25) is 0 Å². The van der Waals surface area contributed by atoms with E-state index >= 15 is 0 Å². The van der Waals surface area contributed by atoms with Gasteiger partial charge in [0.2, 0.25) is 0 Å². The van der Waals surface area contributed by atoms with Crippen molar-refractivity contribution in [1.82, 2.24) is 13.5 Å². The van der Waals surface area contributed by atoms with Gasteiger partial charge < -0.3 is 13.5 Å². The highest BCUT2D eigenvalue weighted by Crippen LogP contribution is 2.43. The van der Waals surface area contributed by atoms with E-state index in [-0.39, 0.29) is 0 Å². The fourth-order valence-corrected chi connectivity index (χ4v) is 11.5. The molecule has 0 spiro atoms. The number of para-hydroxylation sites is 4. The van der Waals surface area contributed by atoms with Crippen LogP contribution in [0.5, 0.6) is 0 Å². The fourth-order valence-electron chi connectivity index (χ4n) is 11.5. The summed E-state index contributed by atoms with van der Waals surface area (Å²) in [7, 11) is 0. The Morgan fingerprint density at radius 3 is 1.38 bits per heavy atom. The summed E-state index contributed by atoms with van der Waals surface area (Å²) in [5, 5.41) is 15.3. The Hall–Kier alpha value is -8.66. The van der Waals surface area contributed by atoms with E-state index in [4.69, 9.17) is 0 Å². The van der Waals surface area contributed by atoms with Crippen LogP contribution in [0.1, 0.15) is 0 Å². The average molecular weight is 824 g/mol. The summed E-state index contributed by atoms with van der Waals surface area (Å²) >= 11 is 0. The Bertz CT molecular complexity index is 4460. The minimum absolute atomic E-state index is 1.15. The topological polar surface area (TPSA) is 14.3 Å². The largest absolute Gasteiger partial charge is 0.309 e. The number of rotatable bonds is 4. The lowest BCUT2D eigenvalue weighted by Gasteiger charge is -2.14. The van der Waals surface area contributed by atoms with Gasteiger partial charge in [0.15, 0.2) is 0 Å². The van der Waals surface area contributed by atoms with Crippen molar-refractivity contribution in [3.05, 3.63) is 224 Å². The van der Waals surface area contributed by atoms with Gasteiger partial charge in [-0.3, -0.25) is 0 Å². The smallest absolute Gasteiger partial charge is 0.0620 e. The van der Waals surface area contributed by atoms with Crippen LogP contribution in [0.15, 0.2) is 224 Å². The molecule has 0 saturated heterocycles. The molecular weight excluding hydrogens is 787 g/mol. The normalized spacial score (nSPS) is 12.3. The molecule has 3 nitrogen and oxygen atoms in total. The number of hydrogen-bond donors (Lipinski definition) is 0. The number of fused-ring (bicyclic) bond motifs is 15. The predicted molar refractivity (Wildman–Crippen MR) is 276 cm³/mol. The third-order valence-corrected chi connectivity index (χ3v) is 14.3. The minimum atomic E-state index is 1.15. The SMILES string of the molecule is c1ccc2c(c1)cc(-n1c3ccccc3c3cc(-c4ccc5c(c4)c4ccccc4n5-c4ccc(-c5ccc6c7cccc8c9ccccc9n(c6c5)c87)cc4)ccc31)c1ccccc12. The Morgan fingerprint density at radius 2 is 0.692 bits per heavy atom. The predicted octanol–water partition coefficient (Wildman–Crippen LogP) is 16.7. The first kappa shape index (κ1) is 34.9. The van der Waals surface area contributed by atoms with Crippen LogP contribution in [-0.2, 0) is 0 Å². The van der Waals surface area contributed by atoms with Gasteiger partial charge in [0, 0.05) is 54.2 Å². The van der Waals surface area contributed by atoms with Crippen molar-refractivity contribution in [2.45, 2.75) is 0 Å². The maximum Gasteiger partial charge on any atom is 0.0620 e. The first-order chi connectivity index (χ1) is 32.2. The fraction of sp³-hybridized carbons (Fsp3) is 0. The summed E-state index contributed by atoms with van der Waals surface area (Å²) in [6.07, 6.45) is 0. The molecule has 11 aromatic carbocycles. The zero-order valence-electron chi connectivity index (χ0n) is 35.2. The summed E-state index contributed by atoms with van der Waals surface area (Å²) in [4.78, 5) is 0. The van der Waals surface area contributed by atoms with Crippen LogP contribution in [0.25, 0.3) is 137 Å². The van der Waals surface area contributed by atoms with Crippen LogP contribution < -0.4 is 0 Å².